The van der Waals surface area contributed by atoms with E-state index in [9.17, 15) is 14.7 Å². The first-order chi connectivity index (χ1) is 11.8. The maximum Gasteiger partial charge on any atom is 0.411 e. The number of hydrogen-bond acceptors (Lipinski definition) is 3. The van der Waals surface area contributed by atoms with E-state index in [4.69, 9.17) is 5.73 Å². The van der Waals surface area contributed by atoms with E-state index in [0.717, 1.165) is 11.1 Å². The second-order valence-electron chi connectivity index (χ2n) is 5.68. The summed E-state index contributed by atoms with van der Waals surface area (Å²) in [5.74, 6) is 0. The molecule has 0 fully saturated rings. The van der Waals surface area contributed by atoms with Crippen LogP contribution in [0.25, 0.3) is 0 Å². The summed E-state index contributed by atoms with van der Waals surface area (Å²) in [6, 6.07) is 9.94. The number of carboxylic acid groups (broad SMARTS) is 1. The second kappa shape index (κ2) is 7.57. The topological polar surface area (TPSA) is 108 Å². The molecule has 0 aromatic heterocycles. The molecule has 132 valence electrons. The minimum Gasteiger partial charge on any atom is -0.465 e. The fourth-order valence-electron chi connectivity index (χ4n) is 2.40. The number of anilines is 4. The highest BCUT2D eigenvalue weighted by atomic mass is 16.4. The average Bonchev–Trinajstić information content (AvgIpc) is 2.54. The van der Waals surface area contributed by atoms with E-state index in [0.29, 0.717) is 29.3 Å². The van der Waals surface area contributed by atoms with Crippen molar-refractivity contribution in [3.05, 3.63) is 47.5 Å². The number of carbonyl (C=O) groups is 2. The molecule has 0 spiro atoms. The van der Waals surface area contributed by atoms with Crippen molar-refractivity contribution in [3.8, 4) is 0 Å². The lowest BCUT2D eigenvalue weighted by Gasteiger charge is -2.20. The molecule has 0 bridgehead atoms. The van der Waals surface area contributed by atoms with Gasteiger partial charge in [-0.05, 0) is 56.2 Å². The number of benzene rings is 2. The van der Waals surface area contributed by atoms with Crippen molar-refractivity contribution in [2.24, 2.45) is 0 Å². The molecule has 2 aromatic carbocycles. The first-order valence-corrected chi connectivity index (χ1v) is 7.87. The van der Waals surface area contributed by atoms with Crippen LogP contribution in [0.5, 0.6) is 0 Å². The number of aryl methyl sites for hydroxylation is 2. The zero-order chi connectivity index (χ0) is 18.6. The first-order valence-electron chi connectivity index (χ1n) is 7.87. The van der Waals surface area contributed by atoms with Gasteiger partial charge < -0.3 is 21.5 Å². The van der Waals surface area contributed by atoms with Gasteiger partial charge in [-0.3, -0.25) is 4.90 Å². The van der Waals surface area contributed by atoms with Crippen LogP contribution < -0.4 is 21.3 Å². The number of urea groups is 1. The van der Waals surface area contributed by atoms with Crippen LogP contribution in [-0.2, 0) is 0 Å². The fourth-order valence-corrected chi connectivity index (χ4v) is 2.40. The monoisotopic (exact) mass is 342 g/mol. The Bertz CT molecular complexity index is 805. The number of nitrogens with two attached hydrogens (primary N) is 1. The molecule has 0 atom stereocenters. The number of nitrogens with one attached hydrogen (secondary N) is 2. The Labute approximate surface area is 146 Å². The molecule has 0 aliphatic carbocycles. The number of amides is 3. The summed E-state index contributed by atoms with van der Waals surface area (Å²) in [5.41, 5.74) is 9.77. The van der Waals surface area contributed by atoms with E-state index in [1.165, 1.54) is 4.90 Å². The standard InChI is InChI=1S/C18H22N4O3/c1-4-22(18(24)25)16-10-14(8-6-12(16)3)21-17(23)20-13-7-5-11(2)15(19)9-13/h5-10H,4,19H2,1-3H3,(H,24,25)(H2,20,21,23). The molecule has 7 nitrogen and oxygen atoms in total. The number of nitrogen functional groups attached to an aromatic ring is 1. The molecule has 3 amide bonds. The van der Waals surface area contributed by atoms with Gasteiger partial charge >= 0.3 is 12.1 Å². The van der Waals surface area contributed by atoms with Crippen molar-refractivity contribution in [2.75, 3.05) is 27.8 Å². The molecule has 0 radical (unpaired) electrons. The molecule has 25 heavy (non-hydrogen) atoms. The number of rotatable bonds is 4. The number of carbonyl (C=O) groups excluding carboxylic acids is 1. The summed E-state index contributed by atoms with van der Waals surface area (Å²) in [6.45, 7) is 5.77. The second-order valence-corrected chi connectivity index (χ2v) is 5.68. The Morgan fingerprint density at radius 3 is 2.12 bits per heavy atom. The van der Waals surface area contributed by atoms with Crippen molar-refractivity contribution in [1.82, 2.24) is 0 Å². The summed E-state index contributed by atoms with van der Waals surface area (Å²) in [7, 11) is 0. The van der Waals surface area contributed by atoms with Crippen LogP contribution in [0.15, 0.2) is 36.4 Å². The zero-order valence-electron chi connectivity index (χ0n) is 14.5. The van der Waals surface area contributed by atoms with E-state index in [1.54, 1.807) is 37.3 Å². The van der Waals surface area contributed by atoms with Gasteiger partial charge in [-0.1, -0.05) is 12.1 Å². The summed E-state index contributed by atoms with van der Waals surface area (Å²) in [5, 5.41) is 14.7. The van der Waals surface area contributed by atoms with Gasteiger partial charge in [-0.2, -0.15) is 0 Å². The quantitative estimate of drug-likeness (QED) is 0.629. The third-order valence-corrected chi connectivity index (χ3v) is 3.84. The highest BCUT2D eigenvalue weighted by Gasteiger charge is 2.15. The molecule has 7 heteroatoms. The van der Waals surface area contributed by atoms with Gasteiger partial charge in [0.2, 0.25) is 0 Å². The van der Waals surface area contributed by atoms with E-state index >= 15 is 0 Å². The summed E-state index contributed by atoms with van der Waals surface area (Å²) in [4.78, 5) is 24.7. The first kappa shape index (κ1) is 18.1. The zero-order valence-corrected chi connectivity index (χ0v) is 14.5. The van der Waals surface area contributed by atoms with Gasteiger partial charge in [-0.15, -0.1) is 0 Å². The van der Waals surface area contributed by atoms with Gasteiger partial charge in [0.05, 0.1) is 5.69 Å². The molecule has 0 unspecified atom stereocenters. The van der Waals surface area contributed by atoms with Crippen LogP contribution in [0.1, 0.15) is 18.1 Å². The van der Waals surface area contributed by atoms with E-state index in [1.807, 2.05) is 19.9 Å². The lowest BCUT2D eigenvalue weighted by atomic mass is 10.1. The average molecular weight is 342 g/mol. The Morgan fingerprint density at radius 1 is 1.04 bits per heavy atom. The Kier molecular flexibility index (Phi) is 5.49. The predicted molar refractivity (Wildman–Crippen MR) is 100 cm³/mol. The highest BCUT2D eigenvalue weighted by molar-refractivity contribution is 6.00. The third kappa shape index (κ3) is 4.41. The molecule has 0 heterocycles. The van der Waals surface area contributed by atoms with Crippen molar-refractivity contribution in [3.63, 3.8) is 0 Å². The Balaban J connectivity index is 2.15. The van der Waals surface area contributed by atoms with E-state index < -0.39 is 12.1 Å². The lowest BCUT2D eigenvalue weighted by molar-refractivity contribution is 0.202. The Hall–Kier alpha value is -3.22. The number of hydrogen-bond donors (Lipinski definition) is 4. The molecule has 0 saturated heterocycles. The molecule has 5 N–H and O–H groups in total. The number of nitrogens with zero attached hydrogens (tertiary/aromatic N) is 1. The van der Waals surface area contributed by atoms with Gasteiger partial charge in [0, 0.05) is 23.6 Å². The van der Waals surface area contributed by atoms with Crippen molar-refractivity contribution < 1.29 is 14.7 Å². The van der Waals surface area contributed by atoms with Gasteiger partial charge in [-0.25, -0.2) is 9.59 Å². The van der Waals surface area contributed by atoms with Crippen LogP contribution in [0.4, 0.5) is 32.3 Å². The Morgan fingerprint density at radius 2 is 1.60 bits per heavy atom. The highest BCUT2D eigenvalue weighted by Crippen LogP contribution is 2.25. The van der Waals surface area contributed by atoms with Crippen molar-refractivity contribution >= 4 is 34.9 Å². The molecule has 2 rings (SSSR count). The van der Waals surface area contributed by atoms with Gasteiger partial charge in [0.15, 0.2) is 0 Å². The molecule has 0 saturated carbocycles. The van der Waals surface area contributed by atoms with Gasteiger partial charge in [0.1, 0.15) is 0 Å². The fraction of sp³-hybridized carbons (Fsp3) is 0.222. The maximum atomic E-state index is 12.2. The summed E-state index contributed by atoms with van der Waals surface area (Å²) >= 11 is 0. The largest absolute Gasteiger partial charge is 0.465 e. The van der Waals surface area contributed by atoms with Crippen molar-refractivity contribution in [1.29, 1.82) is 0 Å². The van der Waals surface area contributed by atoms with Crippen LogP contribution in [0.3, 0.4) is 0 Å². The normalized spacial score (nSPS) is 10.2. The van der Waals surface area contributed by atoms with Gasteiger partial charge in [0.25, 0.3) is 0 Å². The molecular formula is C18H22N4O3. The third-order valence-electron chi connectivity index (χ3n) is 3.84. The lowest BCUT2D eigenvalue weighted by Crippen LogP contribution is -2.29. The molecule has 0 aliphatic heterocycles. The molecule has 2 aromatic rings. The van der Waals surface area contributed by atoms with Crippen molar-refractivity contribution in [2.45, 2.75) is 20.8 Å². The summed E-state index contributed by atoms with van der Waals surface area (Å²) < 4.78 is 0. The van der Waals surface area contributed by atoms with E-state index in [-0.39, 0.29) is 0 Å². The molecule has 0 aliphatic rings. The predicted octanol–water partition coefficient (Wildman–Crippen LogP) is 4.03. The minimum absolute atomic E-state index is 0.314. The summed E-state index contributed by atoms with van der Waals surface area (Å²) in [6.07, 6.45) is -1.04. The van der Waals surface area contributed by atoms with Crippen LogP contribution in [-0.4, -0.2) is 23.8 Å². The van der Waals surface area contributed by atoms with Crippen LogP contribution in [0, 0.1) is 13.8 Å². The van der Waals surface area contributed by atoms with Crippen LogP contribution in [0.2, 0.25) is 0 Å². The van der Waals surface area contributed by atoms with Crippen LogP contribution >= 0.6 is 0 Å². The van der Waals surface area contributed by atoms with E-state index in [2.05, 4.69) is 10.6 Å². The molecular weight excluding hydrogens is 320 g/mol. The smallest absolute Gasteiger partial charge is 0.411 e. The minimum atomic E-state index is -1.04. The maximum absolute atomic E-state index is 12.2. The SMILES string of the molecule is CCN(C(=O)O)c1cc(NC(=O)Nc2ccc(C)c(N)c2)ccc1C.